The fraction of sp³-hybridized carbons (Fsp3) is 0.551. The van der Waals surface area contributed by atoms with Crippen molar-refractivity contribution in [3.8, 4) is 0 Å². The number of fused-ring (bicyclic) bond motifs is 3. The van der Waals surface area contributed by atoms with E-state index in [0.29, 0.717) is 18.3 Å². The lowest BCUT2D eigenvalue weighted by Crippen LogP contribution is -2.68. The molecule has 0 aliphatic carbocycles. The van der Waals surface area contributed by atoms with Gasteiger partial charge in [-0.2, -0.15) is 0 Å². The number of alkyl carbamates (subject to hydrolysis) is 2. The van der Waals surface area contributed by atoms with E-state index in [1.54, 1.807) is 61.6 Å². The fourth-order valence-electron chi connectivity index (χ4n) is 9.42. The molecule has 3 aromatic rings. The molecule has 5 saturated heterocycles. The molecule has 18 heteroatoms. The fourth-order valence-corrected chi connectivity index (χ4v) is 9.79. The first-order chi connectivity index (χ1) is 32.3. The molecule has 5 aliphatic rings. The second kappa shape index (κ2) is 21.5. The third-order valence-electron chi connectivity index (χ3n) is 13.6. The van der Waals surface area contributed by atoms with Gasteiger partial charge in [-0.3, -0.25) is 15.5 Å². The van der Waals surface area contributed by atoms with Crippen LogP contribution < -0.4 is 10.6 Å². The Bertz CT molecular complexity index is 2140. The highest BCUT2D eigenvalue weighted by Gasteiger charge is 2.60. The zero-order valence-corrected chi connectivity index (χ0v) is 39.1. The molecule has 0 bridgehead atoms. The van der Waals surface area contributed by atoms with Crippen molar-refractivity contribution in [3.05, 3.63) is 108 Å². The average Bonchev–Trinajstić information content (AvgIpc) is 3.64. The van der Waals surface area contributed by atoms with Gasteiger partial charge in [-0.05, 0) is 47.9 Å². The molecule has 3 aromatic carbocycles. The number of benzene rings is 3. The van der Waals surface area contributed by atoms with Gasteiger partial charge in [0, 0.05) is 18.9 Å². The predicted molar refractivity (Wildman–Crippen MR) is 239 cm³/mol. The minimum absolute atomic E-state index is 0.00185. The first-order valence-corrected chi connectivity index (χ1v) is 23.4. The summed E-state index contributed by atoms with van der Waals surface area (Å²) in [6.45, 7) is 10.3. The van der Waals surface area contributed by atoms with Crippen LogP contribution in [0.5, 0.6) is 0 Å². The van der Waals surface area contributed by atoms with Crippen LogP contribution in [0, 0.1) is 23.7 Å². The molecule has 0 saturated carbocycles. The Hall–Kier alpha value is -5.01. The maximum absolute atomic E-state index is 13.7. The Kier molecular flexibility index (Phi) is 15.6. The monoisotopic (exact) mass is 949 g/mol. The Morgan fingerprint density at radius 1 is 0.687 bits per heavy atom. The number of ether oxygens (including phenoxy) is 10. The van der Waals surface area contributed by atoms with Crippen molar-refractivity contribution in [2.45, 2.75) is 140 Å². The number of alkyl halides is 1. The zero-order valence-electron chi connectivity index (χ0n) is 38.3. The lowest BCUT2D eigenvalue weighted by Gasteiger charge is -2.51. The summed E-state index contributed by atoms with van der Waals surface area (Å²) in [7, 11) is 1.63. The van der Waals surface area contributed by atoms with Gasteiger partial charge < -0.3 is 47.4 Å². The van der Waals surface area contributed by atoms with E-state index in [1.165, 1.54) is 4.90 Å². The van der Waals surface area contributed by atoms with Crippen LogP contribution in [0.1, 0.15) is 68.9 Å². The van der Waals surface area contributed by atoms with Crippen LogP contribution in [-0.4, -0.2) is 116 Å². The van der Waals surface area contributed by atoms with E-state index in [-0.39, 0.29) is 30.8 Å². The maximum Gasteiger partial charge on any atom is 0.410 e. The maximum atomic E-state index is 13.7. The molecule has 67 heavy (non-hydrogen) atoms. The van der Waals surface area contributed by atoms with Gasteiger partial charge in [-0.15, -0.1) is 11.6 Å². The van der Waals surface area contributed by atoms with Gasteiger partial charge in [0.25, 0.3) is 0 Å². The Morgan fingerprint density at radius 2 is 1.27 bits per heavy atom. The molecule has 3 amide bonds. The van der Waals surface area contributed by atoms with Gasteiger partial charge in [0.1, 0.15) is 36.8 Å². The molecule has 0 spiro atoms. The number of carbonyl (C=O) groups excluding carboxylic acids is 4. The largest absolute Gasteiger partial charge is 0.452 e. The molecule has 5 fully saturated rings. The SMILES string of the molecule is CCC1O[C@H](OC2O[C@H]3CC(C)[C@@H](O[C@@H]4C(NC(=O)OCc5ccccc5)O[C@@H](NC(=O)OCc5ccccc5)C(OC(=O)c5ccccc5)[C@H]4Cl)OC3C3OC(=O)N(C)C23)C(C)[C@@H](C)[C@@H]1C. The third-order valence-corrected chi connectivity index (χ3v) is 14.1. The first-order valence-electron chi connectivity index (χ1n) is 23.0. The summed E-state index contributed by atoms with van der Waals surface area (Å²) < 4.78 is 62.7. The molecule has 362 valence electrons. The highest BCUT2D eigenvalue weighted by atomic mass is 35.5. The van der Waals surface area contributed by atoms with E-state index in [0.717, 1.165) is 17.5 Å². The minimum Gasteiger partial charge on any atom is -0.452 e. The van der Waals surface area contributed by atoms with Gasteiger partial charge in [0.2, 0.25) is 0 Å². The number of esters is 1. The quantitative estimate of drug-likeness (QED) is 0.100. The molecule has 5 heterocycles. The van der Waals surface area contributed by atoms with Crippen molar-refractivity contribution in [3.63, 3.8) is 0 Å². The number of amides is 3. The van der Waals surface area contributed by atoms with E-state index in [9.17, 15) is 19.2 Å². The molecule has 2 N–H and O–H groups in total. The highest BCUT2D eigenvalue weighted by molar-refractivity contribution is 6.21. The standard InChI is InChI=1S/C49H60ClN3O14/c1-7-33-28(4)27(3)29(5)45(60-33)67-46-36-40(65-49(57)53(36)6)37-34(61-46)23-26(2)44(63-37)64-39-35(50)38(62-43(54)32-21-15-10-16-22-32)41(51-47(55)58-24-30-17-11-8-12-18-30)66-42(39)52-48(56)59-25-31-19-13-9-14-20-31/h8-22,26-29,33-42,44-46H,7,23-25H2,1-6H3,(H,51,55)(H,52,56)/t26?,27-,28-,29?,33?,34-,35+,36?,37?,38?,39-,40?,41+,42?,44+,45+,46?/m0/s1. The lowest BCUT2D eigenvalue weighted by molar-refractivity contribution is -0.371. The molecule has 9 unspecified atom stereocenters. The molecule has 0 radical (unpaired) electrons. The molecular weight excluding hydrogens is 890 g/mol. The van der Waals surface area contributed by atoms with Gasteiger partial charge in [-0.1, -0.05) is 113 Å². The number of likely N-dealkylation sites (N-methyl/N-ethyl adjacent to an activating group) is 1. The Morgan fingerprint density at radius 3 is 1.87 bits per heavy atom. The van der Waals surface area contributed by atoms with Crippen molar-refractivity contribution < 1.29 is 66.5 Å². The summed E-state index contributed by atoms with van der Waals surface area (Å²) in [4.78, 5) is 55.3. The number of hydrogen-bond donors (Lipinski definition) is 2. The van der Waals surface area contributed by atoms with Gasteiger partial charge in [0.15, 0.2) is 43.5 Å². The van der Waals surface area contributed by atoms with E-state index in [2.05, 4.69) is 38.3 Å². The molecule has 0 aromatic heterocycles. The van der Waals surface area contributed by atoms with Crippen LogP contribution in [0.4, 0.5) is 14.4 Å². The minimum atomic E-state index is -1.47. The molecule has 8 rings (SSSR count). The first kappa shape index (κ1) is 48.4. The number of carbonyl (C=O) groups is 4. The number of nitrogens with zero attached hydrogens (tertiary/aromatic N) is 1. The summed E-state index contributed by atoms with van der Waals surface area (Å²) >= 11 is 7.33. The van der Waals surface area contributed by atoms with Gasteiger partial charge in [-0.25, -0.2) is 19.2 Å². The van der Waals surface area contributed by atoms with Crippen molar-refractivity contribution in [2.24, 2.45) is 23.7 Å². The lowest BCUT2D eigenvalue weighted by atomic mass is 9.78. The van der Waals surface area contributed by atoms with Crippen molar-refractivity contribution in [1.29, 1.82) is 0 Å². The topological polar surface area (TPSA) is 188 Å². The van der Waals surface area contributed by atoms with Crippen LogP contribution in [0.15, 0.2) is 91.0 Å². The van der Waals surface area contributed by atoms with E-state index < -0.39 is 103 Å². The average molecular weight is 950 g/mol. The van der Waals surface area contributed by atoms with Crippen molar-refractivity contribution >= 4 is 35.8 Å². The van der Waals surface area contributed by atoms with Crippen molar-refractivity contribution in [1.82, 2.24) is 15.5 Å². The van der Waals surface area contributed by atoms with Crippen LogP contribution in [0.3, 0.4) is 0 Å². The van der Waals surface area contributed by atoms with E-state index >= 15 is 0 Å². The van der Waals surface area contributed by atoms with Crippen LogP contribution in [0.25, 0.3) is 0 Å². The van der Waals surface area contributed by atoms with Gasteiger partial charge >= 0.3 is 24.2 Å². The second-order valence-electron chi connectivity index (χ2n) is 18.0. The Labute approximate surface area is 395 Å². The van der Waals surface area contributed by atoms with E-state index in [1.807, 2.05) is 43.3 Å². The zero-order chi connectivity index (χ0) is 47.4. The summed E-state index contributed by atoms with van der Waals surface area (Å²) in [5, 5.41) is 4.01. The highest BCUT2D eigenvalue weighted by Crippen LogP contribution is 2.44. The number of rotatable bonds is 13. The smallest absolute Gasteiger partial charge is 0.410 e. The summed E-state index contributed by atoms with van der Waals surface area (Å²) in [5.74, 6) is -0.473. The number of halogens is 1. The second-order valence-corrected chi connectivity index (χ2v) is 18.5. The molecular formula is C49H60ClN3O14. The van der Waals surface area contributed by atoms with Crippen LogP contribution in [0.2, 0.25) is 0 Å². The van der Waals surface area contributed by atoms with Crippen LogP contribution >= 0.6 is 11.6 Å². The van der Waals surface area contributed by atoms with Gasteiger partial charge in [0.05, 0.1) is 17.8 Å². The normalized spacial score (nSPS) is 35.8. The number of nitrogens with one attached hydrogen (secondary N) is 2. The summed E-state index contributed by atoms with van der Waals surface area (Å²) in [6.07, 6.45) is -11.6. The number of hydrogen-bond acceptors (Lipinski definition) is 14. The van der Waals surface area contributed by atoms with Crippen molar-refractivity contribution in [2.75, 3.05) is 7.05 Å². The van der Waals surface area contributed by atoms with E-state index in [4.69, 9.17) is 59.0 Å². The van der Waals surface area contributed by atoms with Crippen LogP contribution in [-0.2, 0) is 60.6 Å². The summed E-state index contributed by atoms with van der Waals surface area (Å²) in [5.41, 5.74) is 1.66. The summed E-state index contributed by atoms with van der Waals surface area (Å²) in [6, 6.07) is 25.6. The third kappa shape index (κ3) is 11.0. The molecule has 5 aliphatic heterocycles. The molecule has 17 nitrogen and oxygen atoms in total. The molecule has 17 atom stereocenters. The predicted octanol–water partition coefficient (Wildman–Crippen LogP) is 7.09. The Balaban J connectivity index is 1.04.